The average molecular weight is 529 g/mol. The molecule has 0 bridgehead atoms. The first-order valence-electron chi connectivity index (χ1n) is 12.4. The maximum atomic E-state index is 12.3. The van der Waals surface area contributed by atoms with E-state index in [1.165, 1.54) is 28.1 Å². The molecule has 2 aromatic rings. The Morgan fingerprint density at radius 1 is 0.632 bits per heavy atom. The highest BCUT2D eigenvalue weighted by molar-refractivity contribution is 6.05. The molecule has 38 heavy (non-hydrogen) atoms. The van der Waals surface area contributed by atoms with Gasteiger partial charge in [0, 0.05) is 23.3 Å². The van der Waals surface area contributed by atoms with E-state index in [9.17, 15) is 19.2 Å². The van der Waals surface area contributed by atoms with E-state index in [0.717, 1.165) is 12.8 Å². The zero-order chi connectivity index (χ0) is 28.2. The minimum atomic E-state index is -0.466. The Hall–Kier alpha value is -4.08. The fourth-order valence-corrected chi connectivity index (χ4v) is 3.58. The molecule has 0 atom stereocenters. The first-order valence-corrected chi connectivity index (χ1v) is 12.4. The number of amides is 2. The summed E-state index contributed by atoms with van der Waals surface area (Å²) >= 11 is 0. The van der Waals surface area contributed by atoms with Gasteiger partial charge >= 0.3 is 0 Å². The third-order valence-electron chi connectivity index (χ3n) is 5.18. The van der Waals surface area contributed by atoms with E-state index >= 15 is 0 Å². The van der Waals surface area contributed by atoms with Crippen LogP contribution in [0.25, 0.3) is 11.1 Å². The highest BCUT2D eigenvalue weighted by Gasteiger charge is 2.21. The van der Waals surface area contributed by atoms with Gasteiger partial charge < -0.3 is 29.6 Å². The molecule has 2 amide bonds. The number of carbonyl (C=O) groups is 4. The van der Waals surface area contributed by atoms with Crippen LogP contribution < -0.4 is 29.6 Å². The molecule has 206 valence electrons. The number of ketones is 2. The van der Waals surface area contributed by atoms with E-state index in [0.29, 0.717) is 58.7 Å². The number of methoxy groups -OCH3 is 2. The maximum Gasteiger partial charge on any atom is 0.231 e. The van der Waals surface area contributed by atoms with Crippen molar-refractivity contribution >= 4 is 34.8 Å². The highest BCUT2D eigenvalue weighted by atomic mass is 16.5. The van der Waals surface area contributed by atoms with Gasteiger partial charge in [0.2, 0.25) is 11.8 Å². The van der Waals surface area contributed by atoms with Gasteiger partial charge in [-0.05, 0) is 38.8 Å². The summed E-state index contributed by atoms with van der Waals surface area (Å²) in [6.45, 7) is 7.38. The van der Waals surface area contributed by atoms with E-state index in [2.05, 4.69) is 10.6 Å². The summed E-state index contributed by atoms with van der Waals surface area (Å²) in [5, 5.41) is 5.45. The van der Waals surface area contributed by atoms with E-state index < -0.39 is 11.8 Å². The van der Waals surface area contributed by atoms with Crippen LogP contribution in [0.3, 0.4) is 0 Å². The number of rotatable bonds is 15. The molecular formula is C28H36N2O8. The molecule has 2 N–H and O–H groups in total. The Kier molecular flexibility index (Phi) is 11.6. The van der Waals surface area contributed by atoms with Crippen molar-refractivity contribution in [2.75, 3.05) is 38.1 Å². The number of nitrogens with one attached hydrogen (secondary N) is 2. The lowest BCUT2D eigenvalue weighted by molar-refractivity contribution is -0.125. The predicted octanol–water partition coefficient (Wildman–Crippen LogP) is 4.78. The standard InChI is InChI=1S/C28H36N2O8/c1-7-9-37-25-13-19(23(35-5)15-21(25)29-27(33)11-17(3)31)20-14-26(38-10-8-2)22(16-24(20)36-6)30-28(34)12-18(4)32/h13-16H,7-12H2,1-6H3,(H,29,33)(H,30,34). The molecular weight excluding hydrogens is 492 g/mol. The van der Waals surface area contributed by atoms with Gasteiger partial charge in [-0.3, -0.25) is 19.2 Å². The van der Waals surface area contributed by atoms with Crippen molar-refractivity contribution in [1.29, 1.82) is 0 Å². The molecule has 0 radical (unpaired) electrons. The Morgan fingerprint density at radius 2 is 1.00 bits per heavy atom. The van der Waals surface area contributed by atoms with Gasteiger partial charge in [0.05, 0.1) is 51.6 Å². The Labute approximate surface area is 223 Å². The van der Waals surface area contributed by atoms with Gasteiger partial charge in [-0.1, -0.05) is 13.8 Å². The van der Waals surface area contributed by atoms with Gasteiger partial charge in [0.15, 0.2) is 0 Å². The maximum absolute atomic E-state index is 12.3. The monoisotopic (exact) mass is 528 g/mol. The van der Waals surface area contributed by atoms with Crippen LogP contribution in [0.4, 0.5) is 11.4 Å². The molecule has 2 rings (SSSR count). The number of Topliss-reactive ketones (excluding diaryl/α,β-unsaturated/α-hetero) is 2. The smallest absolute Gasteiger partial charge is 0.231 e. The summed E-state index contributed by atoms with van der Waals surface area (Å²) in [6.07, 6.45) is 0.935. The van der Waals surface area contributed by atoms with Crippen LogP contribution in [-0.4, -0.2) is 50.8 Å². The third-order valence-corrected chi connectivity index (χ3v) is 5.18. The third kappa shape index (κ3) is 8.50. The molecule has 0 saturated heterocycles. The van der Waals surface area contributed by atoms with Crippen molar-refractivity contribution in [1.82, 2.24) is 0 Å². The summed E-state index contributed by atoms with van der Waals surface area (Å²) in [5.74, 6) is 0.122. The number of benzene rings is 2. The molecule has 0 heterocycles. The normalized spacial score (nSPS) is 10.4. The average Bonchev–Trinajstić information content (AvgIpc) is 2.85. The van der Waals surface area contributed by atoms with Crippen molar-refractivity contribution in [3.05, 3.63) is 24.3 Å². The molecule has 0 fully saturated rings. The van der Waals surface area contributed by atoms with Crippen LogP contribution in [-0.2, 0) is 19.2 Å². The fraction of sp³-hybridized carbons (Fsp3) is 0.429. The summed E-state index contributed by atoms with van der Waals surface area (Å²) in [6, 6.07) is 6.67. The lowest BCUT2D eigenvalue weighted by atomic mass is 10.0. The quantitative estimate of drug-likeness (QED) is 0.316. The lowest BCUT2D eigenvalue weighted by Crippen LogP contribution is -2.16. The molecule has 0 spiro atoms. The van der Waals surface area contributed by atoms with Crippen LogP contribution >= 0.6 is 0 Å². The molecule has 2 aromatic carbocycles. The number of hydrogen-bond donors (Lipinski definition) is 2. The minimum Gasteiger partial charge on any atom is -0.496 e. The van der Waals surface area contributed by atoms with E-state index in [4.69, 9.17) is 18.9 Å². The van der Waals surface area contributed by atoms with Crippen molar-refractivity contribution in [2.45, 2.75) is 53.4 Å². The molecule has 10 heteroatoms. The Balaban J connectivity index is 2.67. The van der Waals surface area contributed by atoms with E-state index in [-0.39, 0.29) is 24.4 Å². The van der Waals surface area contributed by atoms with Crippen LogP contribution in [0.2, 0.25) is 0 Å². The Morgan fingerprint density at radius 3 is 1.29 bits per heavy atom. The second-order valence-corrected chi connectivity index (χ2v) is 8.65. The van der Waals surface area contributed by atoms with Crippen molar-refractivity contribution < 1.29 is 38.1 Å². The number of carbonyl (C=O) groups excluding carboxylic acids is 4. The fourth-order valence-electron chi connectivity index (χ4n) is 3.58. The summed E-state index contributed by atoms with van der Waals surface area (Å²) in [7, 11) is 2.98. The molecule has 0 aliphatic rings. The van der Waals surface area contributed by atoms with Crippen LogP contribution in [0.5, 0.6) is 23.0 Å². The molecule has 0 aliphatic heterocycles. The Bertz CT molecular complexity index is 1080. The van der Waals surface area contributed by atoms with Gasteiger partial charge in [0.25, 0.3) is 0 Å². The van der Waals surface area contributed by atoms with Crippen LogP contribution in [0.15, 0.2) is 24.3 Å². The number of anilines is 2. The zero-order valence-electron chi connectivity index (χ0n) is 22.8. The molecule has 0 unspecified atom stereocenters. The van der Waals surface area contributed by atoms with E-state index in [1.54, 1.807) is 24.3 Å². The summed E-state index contributed by atoms with van der Waals surface area (Å²) < 4.78 is 23.1. The number of hydrogen-bond acceptors (Lipinski definition) is 8. The van der Waals surface area contributed by atoms with Crippen molar-refractivity contribution in [3.8, 4) is 34.1 Å². The molecule has 0 aliphatic carbocycles. The largest absolute Gasteiger partial charge is 0.496 e. The van der Waals surface area contributed by atoms with Crippen LogP contribution in [0.1, 0.15) is 53.4 Å². The van der Waals surface area contributed by atoms with E-state index in [1.807, 2.05) is 13.8 Å². The number of ether oxygens (including phenoxy) is 4. The molecule has 0 aromatic heterocycles. The van der Waals surface area contributed by atoms with Crippen molar-refractivity contribution in [2.24, 2.45) is 0 Å². The second-order valence-electron chi connectivity index (χ2n) is 8.65. The summed E-state index contributed by atoms with van der Waals surface area (Å²) in [5.41, 5.74) is 1.89. The van der Waals surface area contributed by atoms with Gasteiger partial charge in [0.1, 0.15) is 34.6 Å². The van der Waals surface area contributed by atoms with Gasteiger partial charge in [-0.15, -0.1) is 0 Å². The highest BCUT2D eigenvalue weighted by Crippen LogP contribution is 2.46. The van der Waals surface area contributed by atoms with Gasteiger partial charge in [-0.2, -0.15) is 0 Å². The van der Waals surface area contributed by atoms with Crippen LogP contribution in [0, 0.1) is 0 Å². The minimum absolute atomic E-state index is 0.262. The van der Waals surface area contributed by atoms with Gasteiger partial charge in [-0.25, -0.2) is 0 Å². The molecule has 0 saturated carbocycles. The first kappa shape index (κ1) is 30.1. The topological polar surface area (TPSA) is 129 Å². The summed E-state index contributed by atoms with van der Waals surface area (Å²) in [4.78, 5) is 47.4. The first-order chi connectivity index (χ1) is 18.1. The SMILES string of the molecule is CCCOc1cc(-c2cc(OCCC)c(NC(=O)CC(C)=O)cc2OC)c(OC)cc1NC(=O)CC(C)=O. The molecule has 10 nitrogen and oxygen atoms in total. The zero-order valence-corrected chi connectivity index (χ0v) is 22.8. The second kappa shape index (κ2) is 14.6. The van der Waals surface area contributed by atoms with Crippen molar-refractivity contribution in [3.63, 3.8) is 0 Å². The lowest BCUT2D eigenvalue weighted by Gasteiger charge is -2.20. The predicted molar refractivity (Wildman–Crippen MR) is 144 cm³/mol.